The summed E-state index contributed by atoms with van der Waals surface area (Å²) in [6.45, 7) is 10.5. The molecule has 0 unspecified atom stereocenters. The predicted octanol–water partition coefficient (Wildman–Crippen LogP) is 1.68. The second-order valence-corrected chi connectivity index (χ2v) is 6.15. The summed E-state index contributed by atoms with van der Waals surface area (Å²) in [6.07, 6.45) is 0.396. The van der Waals surface area contributed by atoms with Crippen LogP contribution in [-0.4, -0.2) is 28.5 Å². The molecule has 1 heterocycles. The van der Waals surface area contributed by atoms with E-state index >= 15 is 0 Å². The Bertz CT molecular complexity index is 465. The van der Waals surface area contributed by atoms with Crippen LogP contribution in [0, 0.1) is 0 Å². The van der Waals surface area contributed by atoms with Gasteiger partial charge in [0.15, 0.2) is 0 Å². The van der Waals surface area contributed by atoms with Gasteiger partial charge >= 0.3 is 0 Å². The van der Waals surface area contributed by atoms with E-state index in [2.05, 4.69) is 20.6 Å². The normalized spacial score (nSPS) is 11.5. The van der Waals surface area contributed by atoms with Crippen molar-refractivity contribution in [3.05, 3.63) is 11.9 Å². The van der Waals surface area contributed by atoms with Crippen molar-refractivity contribution in [2.75, 3.05) is 17.6 Å². The smallest absolute Gasteiger partial charge is 0.221 e. The molecule has 0 bridgehead atoms. The summed E-state index contributed by atoms with van der Waals surface area (Å²) in [4.78, 5) is 20.2. The lowest BCUT2D eigenvalue weighted by Gasteiger charge is -2.18. The van der Waals surface area contributed by atoms with Crippen LogP contribution >= 0.6 is 0 Å². The van der Waals surface area contributed by atoms with E-state index in [1.807, 2.05) is 34.6 Å². The van der Waals surface area contributed by atoms with Gasteiger partial charge in [-0.05, 0) is 13.8 Å². The van der Waals surface area contributed by atoms with E-state index < -0.39 is 0 Å². The fourth-order valence-corrected chi connectivity index (χ4v) is 1.59. The summed E-state index contributed by atoms with van der Waals surface area (Å²) >= 11 is 0. The Morgan fingerprint density at radius 3 is 2.55 bits per heavy atom. The topological polar surface area (TPSA) is 92.9 Å². The molecule has 6 heteroatoms. The number of rotatable bonds is 5. The number of anilines is 2. The van der Waals surface area contributed by atoms with Crippen LogP contribution in [0.4, 0.5) is 11.6 Å². The molecular weight excluding hydrogens is 254 g/mol. The van der Waals surface area contributed by atoms with Crippen LogP contribution in [-0.2, 0) is 10.2 Å². The third-order valence-corrected chi connectivity index (χ3v) is 2.52. The number of hydrogen-bond donors (Lipinski definition) is 3. The molecule has 1 aromatic rings. The molecule has 0 aliphatic carbocycles. The van der Waals surface area contributed by atoms with Gasteiger partial charge in [0.2, 0.25) is 5.91 Å². The number of nitrogens with two attached hydrogens (primary N) is 1. The molecule has 0 aliphatic rings. The first-order chi connectivity index (χ1) is 9.18. The molecule has 0 atom stereocenters. The van der Waals surface area contributed by atoms with E-state index in [0.29, 0.717) is 30.4 Å². The van der Waals surface area contributed by atoms with Crippen LogP contribution in [0.2, 0.25) is 0 Å². The second-order valence-electron chi connectivity index (χ2n) is 6.15. The van der Waals surface area contributed by atoms with Crippen molar-refractivity contribution in [1.82, 2.24) is 15.3 Å². The molecular formula is C14H25N5O. The first-order valence-corrected chi connectivity index (χ1v) is 6.87. The third-order valence-electron chi connectivity index (χ3n) is 2.52. The third kappa shape index (κ3) is 5.42. The zero-order chi connectivity index (χ0) is 15.3. The first-order valence-electron chi connectivity index (χ1n) is 6.87. The number of hydrogen-bond acceptors (Lipinski definition) is 5. The van der Waals surface area contributed by atoms with E-state index in [-0.39, 0.29) is 17.4 Å². The molecule has 1 rings (SSSR count). The van der Waals surface area contributed by atoms with Crippen LogP contribution in [0.3, 0.4) is 0 Å². The van der Waals surface area contributed by atoms with E-state index in [4.69, 9.17) is 5.73 Å². The first kappa shape index (κ1) is 16.2. The van der Waals surface area contributed by atoms with Crippen LogP contribution in [0.5, 0.6) is 0 Å². The molecule has 0 aromatic carbocycles. The lowest BCUT2D eigenvalue weighted by Crippen LogP contribution is -2.31. The van der Waals surface area contributed by atoms with E-state index in [1.165, 1.54) is 0 Å². The van der Waals surface area contributed by atoms with Crippen molar-refractivity contribution in [3.8, 4) is 0 Å². The standard InChI is InChI=1S/C14H25N5O/c1-9(2)17-12(20)6-7-16-11-8-10(15)18-13(19-11)14(3,4)5/h8-9H,6-7H2,1-5H3,(H,17,20)(H3,15,16,18,19). The van der Waals surface area contributed by atoms with Crippen LogP contribution in [0.1, 0.15) is 46.9 Å². The molecule has 20 heavy (non-hydrogen) atoms. The van der Waals surface area contributed by atoms with Crippen molar-refractivity contribution in [1.29, 1.82) is 0 Å². The molecule has 0 saturated heterocycles. The van der Waals surface area contributed by atoms with Crippen molar-refractivity contribution < 1.29 is 4.79 Å². The number of amides is 1. The van der Waals surface area contributed by atoms with Crippen LogP contribution in [0.25, 0.3) is 0 Å². The molecule has 1 aromatic heterocycles. The fourth-order valence-electron chi connectivity index (χ4n) is 1.59. The predicted molar refractivity (Wildman–Crippen MR) is 81.5 cm³/mol. The minimum Gasteiger partial charge on any atom is -0.384 e. The van der Waals surface area contributed by atoms with Crippen molar-refractivity contribution >= 4 is 17.5 Å². The average Bonchev–Trinajstić information content (AvgIpc) is 2.25. The summed E-state index contributed by atoms with van der Waals surface area (Å²) in [7, 11) is 0. The molecule has 112 valence electrons. The lowest BCUT2D eigenvalue weighted by molar-refractivity contribution is -0.121. The van der Waals surface area contributed by atoms with Crippen molar-refractivity contribution in [3.63, 3.8) is 0 Å². The van der Waals surface area contributed by atoms with Gasteiger partial charge in [0, 0.05) is 30.5 Å². The highest BCUT2D eigenvalue weighted by atomic mass is 16.1. The Balaban J connectivity index is 2.61. The van der Waals surface area contributed by atoms with Gasteiger partial charge < -0.3 is 16.4 Å². The second kappa shape index (κ2) is 6.54. The van der Waals surface area contributed by atoms with E-state index in [0.717, 1.165) is 0 Å². The Kier molecular flexibility index (Phi) is 5.30. The molecule has 0 aliphatic heterocycles. The summed E-state index contributed by atoms with van der Waals surface area (Å²) in [5.41, 5.74) is 5.62. The SMILES string of the molecule is CC(C)NC(=O)CCNc1cc(N)nc(C(C)(C)C)n1. The summed E-state index contributed by atoms with van der Waals surface area (Å²) in [5, 5.41) is 5.95. The minimum absolute atomic E-state index is 0.0190. The number of nitrogen functional groups attached to an aromatic ring is 1. The lowest BCUT2D eigenvalue weighted by atomic mass is 9.96. The van der Waals surface area contributed by atoms with Gasteiger partial charge in [-0.2, -0.15) is 0 Å². The average molecular weight is 279 g/mol. The Hall–Kier alpha value is -1.85. The van der Waals surface area contributed by atoms with Gasteiger partial charge in [-0.1, -0.05) is 20.8 Å². The molecule has 0 saturated carbocycles. The summed E-state index contributed by atoms with van der Waals surface area (Å²) in [6, 6.07) is 1.83. The van der Waals surface area contributed by atoms with Gasteiger partial charge in [-0.3, -0.25) is 4.79 Å². The van der Waals surface area contributed by atoms with Crippen LogP contribution in [0.15, 0.2) is 6.07 Å². The number of nitrogens with one attached hydrogen (secondary N) is 2. The Morgan fingerprint density at radius 1 is 1.35 bits per heavy atom. The molecule has 4 N–H and O–H groups in total. The van der Waals surface area contributed by atoms with Gasteiger partial charge in [0.1, 0.15) is 17.5 Å². The molecule has 6 nitrogen and oxygen atoms in total. The highest BCUT2D eigenvalue weighted by molar-refractivity contribution is 5.76. The quantitative estimate of drug-likeness (QED) is 0.762. The maximum Gasteiger partial charge on any atom is 0.221 e. The maximum atomic E-state index is 11.5. The van der Waals surface area contributed by atoms with E-state index in [1.54, 1.807) is 6.07 Å². The highest BCUT2D eigenvalue weighted by Crippen LogP contribution is 2.21. The summed E-state index contributed by atoms with van der Waals surface area (Å²) in [5.74, 6) is 1.79. The molecule has 0 radical (unpaired) electrons. The van der Waals surface area contributed by atoms with Crippen molar-refractivity contribution in [2.45, 2.75) is 52.5 Å². The van der Waals surface area contributed by atoms with E-state index in [9.17, 15) is 4.79 Å². The number of carbonyl (C=O) groups is 1. The Morgan fingerprint density at radius 2 is 2.00 bits per heavy atom. The number of aromatic nitrogens is 2. The highest BCUT2D eigenvalue weighted by Gasteiger charge is 2.18. The molecule has 0 spiro atoms. The fraction of sp³-hybridized carbons (Fsp3) is 0.643. The van der Waals surface area contributed by atoms with Gasteiger partial charge in [0.25, 0.3) is 0 Å². The van der Waals surface area contributed by atoms with Crippen molar-refractivity contribution in [2.24, 2.45) is 0 Å². The zero-order valence-electron chi connectivity index (χ0n) is 12.9. The minimum atomic E-state index is -0.166. The number of nitrogens with zero attached hydrogens (tertiary/aromatic N) is 2. The van der Waals surface area contributed by atoms with Crippen LogP contribution < -0.4 is 16.4 Å². The Labute approximate surface area is 120 Å². The maximum absolute atomic E-state index is 11.5. The zero-order valence-corrected chi connectivity index (χ0v) is 12.9. The molecule has 0 fully saturated rings. The van der Waals surface area contributed by atoms with Gasteiger partial charge in [-0.25, -0.2) is 9.97 Å². The largest absolute Gasteiger partial charge is 0.384 e. The monoisotopic (exact) mass is 279 g/mol. The molecule has 1 amide bonds. The van der Waals surface area contributed by atoms with Gasteiger partial charge in [0.05, 0.1) is 0 Å². The number of carbonyl (C=O) groups excluding carboxylic acids is 1. The van der Waals surface area contributed by atoms with Gasteiger partial charge in [-0.15, -0.1) is 0 Å². The summed E-state index contributed by atoms with van der Waals surface area (Å²) < 4.78 is 0.